The van der Waals surface area contributed by atoms with Gasteiger partial charge < -0.3 is 0 Å². The van der Waals surface area contributed by atoms with Gasteiger partial charge in [0.05, 0.1) is 0 Å². The fraction of sp³-hybridized carbons (Fsp3) is 0.138. The van der Waals surface area contributed by atoms with Crippen LogP contribution in [0.2, 0.25) is 0 Å². The van der Waals surface area contributed by atoms with Crippen LogP contribution in [0.1, 0.15) is 37.5 Å². The molecule has 0 amide bonds. The van der Waals surface area contributed by atoms with E-state index in [2.05, 4.69) is 58.2 Å². The molecule has 0 fully saturated rings. The SMILES string of the molecule is C=Cc1ccc(-c2nc(-c3ccc(C=C)cc3)nc(-c3ccc(C(C)(C)C)cc3)n2)cc1. The van der Waals surface area contributed by atoms with Crippen molar-refractivity contribution < 1.29 is 0 Å². The lowest BCUT2D eigenvalue weighted by Crippen LogP contribution is -2.10. The second kappa shape index (κ2) is 8.72. The Bertz CT molecular complexity index is 1170. The lowest BCUT2D eigenvalue weighted by molar-refractivity contribution is 0.590. The van der Waals surface area contributed by atoms with Crippen LogP contribution in [0.5, 0.6) is 0 Å². The van der Waals surface area contributed by atoms with Crippen LogP contribution in [0.3, 0.4) is 0 Å². The molecule has 4 rings (SSSR count). The van der Waals surface area contributed by atoms with Gasteiger partial charge in [0.2, 0.25) is 0 Å². The standard InChI is InChI=1S/C29H27N3/c1-6-20-8-12-22(13-9-20)26-30-27(23-14-10-21(7-2)11-15-23)32-28(31-26)24-16-18-25(19-17-24)29(3,4)5/h6-19H,1-2H2,3-5H3. The molecule has 32 heavy (non-hydrogen) atoms. The molecule has 1 aromatic heterocycles. The molecule has 0 radical (unpaired) electrons. The lowest BCUT2D eigenvalue weighted by Gasteiger charge is -2.19. The topological polar surface area (TPSA) is 38.7 Å². The highest BCUT2D eigenvalue weighted by Gasteiger charge is 2.15. The van der Waals surface area contributed by atoms with Gasteiger partial charge in [-0.25, -0.2) is 15.0 Å². The molecule has 4 aromatic rings. The van der Waals surface area contributed by atoms with Crippen LogP contribution in [0.25, 0.3) is 46.3 Å². The third kappa shape index (κ3) is 4.57. The molecular formula is C29H27N3. The van der Waals surface area contributed by atoms with E-state index in [1.807, 2.05) is 60.7 Å². The van der Waals surface area contributed by atoms with E-state index in [1.165, 1.54) is 5.56 Å². The van der Waals surface area contributed by atoms with E-state index in [0.29, 0.717) is 17.5 Å². The molecular weight excluding hydrogens is 390 g/mol. The zero-order valence-corrected chi connectivity index (χ0v) is 18.8. The molecule has 0 aliphatic rings. The van der Waals surface area contributed by atoms with E-state index >= 15 is 0 Å². The summed E-state index contributed by atoms with van der Waals surface area (Å²) >= 11 is 0. The van der Waals surface area contributed by atoms with Crippen LogP contribution in [0.4, 0.5) is 0 Å². The van der Waals surface area contributed by atoms with Gasteiger partial charge >= 0.3 is 0 Å². The summed E-state index contributed by atoms with van der Waals surface area (Å²) in [4.78, 5) is 14.4. The average Bonchev–Trinajstić information content (AvgIpc) is 2.83. The predicted octanol–water partition coefficient (Wildman–Crippen LogP) is 7.46. The second-order valence-corrected chi connectivity index (χ2v) is 8.79. The molecule has 3 nitrogen and oxygen atoms in total. The van der Waals surface area contributed by atoms with Gasteiger partial charge in [0.15, 0.2) is 17.5 Å². The minimum absolute atomic E-state index is 0.0910. The summed E-state index contributed by atoms with van der Waals surface area (Å²) in [6.45, 7) is 14.3. The molecule has 1 heterocycles. The fourth-order valence-corrected chi connectivity index (χ4v) is 3.42. The van der Waals surface area contributed by atoms with Crippen LogP contribution in [-0.2, 0) is 5.41 Å². The van der Waals surface area contributed by atoms with Crippen molar-refractivity contribution in [3.8, 4) is 34.2 Å². The zero-order chi connectivity index (χ0) is 22.7. The predicted molar refractivity (Wildman–Crippen MR) is 135 cm³/mol. The Balaban J connectivity index is 1.84. The first kappa shape index (κ1) is 21.4. The first-order valence-corrected chi connectivity index (χ1v) is 10.7. The normalized spacial score (nSPS) is 11.2. The van der Waals surface area contributed by atoms with Crippen molar-refractivity contribution >= 4 is 12.2 Å². The van der Waals surface area contributed by atoms with Gasteiger partial charge in [-0.05, 0) is 22.1 Å². The van der Waals surface area contributed by atoms with Crippen LogP contribution < -0.4 is 0 Å². The maximum atomic E-state index is 4.82. The third-order valence-corrected chi connectivity index (χ3v) is 5.45. The Kier molecular flexibility index (Phi) is 5.83. The molecule has 3 aromatic carbocycles. The van der Waals surface area contributed by atoms with Gasteiger partial charge in [0.25, 0.3) is 0 Å². The van der Waals surface area contributed by atoms with Crippen molar-refractivity contribution in [2.45, 2.75) is 26.2 Å². The van der Waals surface area contributed by atoms with E-state index in [0.717, 1.165) is 27.8 Å². The van der Waals surface area contributed by atoms with Crippen LogP contribution >= 0.6 is 0 Å². The number of hydrogen-bond acceptors (Lipinski definition) is 3. The third-order valence-electron chi connectivity index (χ3n) is 5.45. The average molecular weight is 418 g/mol. The number of benzene rings is 3. The van der Waals surface area contributed by atoms with Crippen molar-refractivity contribution in [2.24, 2.45) is 0 Å². The van der Waals surface area contributed by atoms with Gasteiger partial charge in [0, 0.05) is 16.7 Å². The molecule has 0 atom stereocenters. The molecule has 0 unspecified atom stereocenters. The van der Waals surface area contributed by atoms with E-state index < -0.39 is 0 Å². The molecule has 0 bridgehead atoms. The summed E-state index contributed by atoms with van der Waals surface area (Å²) in [5.74, 6) is 1.95. The van der Waals surface area contributed by atoms with E-state index in [4.69, 9.17) is 15.0 Å². The summed E-state index contributed by atoms with van der Waals surface area (Å²) in [5.41, 5.74) is 6.32. The Morgan fingerprint density at radius 1 is 0.531 bits per heavy atom. The molecule has 3 heteroatoms. The minimum Gasteiger partial charge on any atom is -0.208 e. The largest absolute Gasteiger partial charge is 0.208 e. The molecule has 0 aliphatic carbocycles. The number of aromatic nitrogens is 3. The van der Waals surface area contributed by atoms with Crippen molar-refractivity contribution in [3.63, 3.8) is 0 Å². The van der Waals surface area contributed by atoms with Crippen LogP contribution in [-0.4, -0.2) is 15.0 Å². The maximum Gasteiger partial charge on any atom is 0.164 e. The molecule has 0 saturated heterocycles. The zero-order valence-electron chi connectivity index (χ0n) is 18.8. The number of hydrogen-bond donors (Lipinski definition) is 0. The summed E-state index contributed by atoms with van der Waals surface area (Å²) in [5, 5.41) is 0. The van der Waals surface area contributed by atoms with Gasteiger partial charge in [-0.3, -0.25) is 0 Å². The molecule has 0 aliphatic heterocycles. The number of nitrogens with zero attached hydrogens (tertiary/aromatic N) is 3. The Hall–Kier alpha value is -3.85. The lowest BCUT2D eigenvalue weighted by atomic mass is 9.87. The van der Waals surface area contributed by atoms with Crippen molar-refractivity contribution in [1.82, 2.24) is 15.0 Å². The molecule has 0 N–H and O–H groups in total. The van der Waals surface area contributed by atoms with Crippen molar-refractivity contribution in [3.05, 3.63) is 103 Å². The van der Waals surface area contributed by atoms with Crippen LogP contribution in [0.15, 0.2) is 86.0 Å². The minimum atomic E-state index is 0.0910. The summed E-state index contributed by atoms with van der Waals surface area (Å²) in [6.07, 6.45) is 3.65. The fourth-order valence-electron chi connectivity index (χ4n) is 3.42. The maximum absolute atomic E-state index is 4.82. The molecule has 0 saturated carbocycles. The molecule has 0 spiro atoms. The van der Waals surface area contributed by atoms with E-state index in [1.54, 1.807) is 0 Å². The highest BCUT2D eigenvalue weighted by molar-refractivity contribution is 5.68. The smallest absolute Gasteiger partial charge is 0.164 e. The van der Waals surface area contributed by atoms with Crippen LogP contribution in [0, 0.1) is 0 Å². The summed E-state index contributed by atoms with van der Waals surface area (Å²) in [7, 11) is 0. The Labute approximate surface area is 190 Å². The Morgan fingerprint density at radius 3 is 1.12 bits per heavy atom. The van der Waals surface area contributed by atoms with Gasteiger partial charge in [-0.15, -0.1) is 0 Å². The monoisotopic (exact) mass is 417 g/mol. The summed E-state index contributed by atoms with van der Waals surface area (Å²) < 4.78 is 0. The van der Waals surface area contributed by atoms with E-state index in [-0.39, 0.29) is 5.41 Å². The highest BCUT2D eigenvalue weighted by atomic mass is 15.0. The van der Waals surface area contributed by atoms with Gasteiger partial charge in [-0.1, -0.05) is 119 Å². The number of rotatable bonds is 5. The molecule has 158 valence electrons. The van der Waals surface area contributed by atoms with E-state index in [9.17, 15) is 0 Å². The second-order valence-electron chi connectivity index (χ2n) is 8.79. The van der Waals surface area contributed by atoms with Crippen molar-refractivity contribution in [2.75, 3.05) is 0 Å². The highest BCUT2D eigenvalue weighted by Crippen LogP contribution is 2.28. The quantitative estimate of drug-likeness (QED) is 0.338. The summed E-state index contributed by atoms with van der Waals surface area (Å²) in [6, 6.07) is 24.6. The van der Waals surface area contributed by atoms with Gasteiger partial charge in [-0.2, -0.15) is 0 Å². The Morgan fingerprint density at radius 2 is 0.844 bits per heavy atom. The first-order valence-electron chi connectivity index (χ1n) is 10.7. The van der Waals surface area contributed by atoms with Crippen molar-refractivity contribution in [1.29, 1.82) is 0 Å². The van der Waals surface area contributed by atoms with Gasteiger partial charge in [0.1, 0.15) is 0 Å². The first-order chi connectivity index (χ1) is 15.4.